The Morgan fingerprint density at radius 2 is 2.18 bits per heavy atom. The van der Waals surface area contributed by atoms with E-state index in [1.165, 1.54) is 0 Å². The molecule has 2 heterocycles. The average Bonchev–Trinajstić information content (AvgIpc) is 2.43. The van der Waals surface area contributed by atoms with E-state index in [9.17, 15) is 9.90 Å². The second-order valence-electron chi connectivity index (χ2n) is 3.21. The van der Waals surface area contributed by atoms with Crippen LogP contribution in [0.15, 0.2) is 0 Å². The molecule has 4 heteroatoms. The van der Waals surface area contributed by atoms with Crippen molar-refractivity contribution >= 4 is 5.97 Å². The Bertz CT molecular complexity index is 191. The zero-order valence-corrected chi connectivity index (χ0v) is 5.93. The van der Waals surface area contributed by atoms with Crippen molar-refractivity contribution in [2.75, 3.05) is 0 Å². The molecule has 11 heavy (non-hydrogen) atoms. The molecule has 0 aliphatic carbocycles. The standard InChI is InChI=1S/C7H10O4/c8-5-2-3-1-4(7(9)10)6(5)11-3/h3-6,8H,1-2H2,(H,9,10)/t3-,4+,5-,6+/m1/s1. The lowest BCUT2D eigenvalue weighted by atomic mass is 9.87. The molecule has 2 N–H and O–H groups in total. The molecule has 2 aliphatic heterocycles. The topological polar surface area (TPSA) is 66.8 Å². The van der Waals surface area contributed by atoms with E-state index in [1.54, 1.807) is 0 Å². The molecule has 0 amide bonds. The Balaban J connectivity index is 2.12. The van der Waals surface area contributed by atoms with Crippen molar-refractivity contribution in [3.8, 4) is 0 Å². The molecule has 0 saturated carbocycles. The number of carbonyl (C=O) groups is 1. The quantitative estimate of drug-likeness (QED) is 0.545. The molecule has 0 aromatic rings. The molecule has 4 nitrogen and oxygen atoms in total. The van der Waals surface area contributed by atoms with Crippen LogP contribution in [-0.4, -0.2) is 34.5 Å². The fourth-order valence-corrected chi connectivity index (χ4v) is 1.95. The molecular formula is C7H10O4. The fraction of sp³-hybridized carbons (Fsp3) is 0.857. The third-order valence-electron chi connectivity index (χ3n) is 2.46. The van der Waals surface area contributed by atoms with Crippen LogP contribution in [0.2, 0.25) is 0 Å². The minimum absolute atomic E-state index is 0.0175. The van der Waals surface area contributed by atoms with Gasteiger partial charge in [0.2, 0.25) is 0 Å². The first kappa shape index (κ1) is 7.06. The van der Waals surface area contributed by atoms with Gasteiger partial charge in [0, 0.05) is 6.42 Å². The summed E-state index contributed by atoms with van der Waals surface area (Å²) in [5.41, 5.74) is 0. The molecular weight excluding hydrogens is 148 g/mol. The number of carboxylic acids is 1. The van der Waals surface area contributed by atoms with Crippen LogP contribution >= 0.6 is 0 Å². The van der Waals surface area contributed by atoms with Gasteiger partial charge >= 0.3 is 5.97 Å². The summed E-state index contributed by atoms with van der Waals surface area (Å²) in [4.78, 5) is 10.5. The zero-order chi connectivity index (χ0) is 8.01. The summed E-state index contributed by atoms with van der Waals surface area (Å²) in [7, 11) is 0. The highest BCUT2D eigenvalue weighted by Crippen LogP contribution is 2.38. The Hall–Kier alpha value is -0.610. The minimum atomic E-state index is -0.851. The number of rotatable bonds is 1. The van der Waals surface area contributed by atoms with Gasteiger partial charge in [-0.3, -0.25) is 4.79 Å². The van der Waals surface area contributed by atoms with E-state index in [0.717, 1.165) is 0 Å². The first-order chi connectivity index (χ1) is 5.18. The molecule has 2 aliphatic rings. The molecule has 0 spiro atoms. The van der Waals surface area contributed by atoms with Crippen molar-refractivity contribution in [1.29, 1.82) is 0 Å². The van der Waals surface area contributed by atoms with E-state index >= 15 is 0 Å². The first-order valence-corrected chi connectivity index (χ1v) is 3.75. The minimum Gasteiger partial charge on any atom is -0.481 e. The molecule has 0 radical (unpaired) electrons. The van der Waals surface area contributed by atoms with Gasteiger partial charge in [0.25, 0.3) is 0 Å². The summed E-state index contributed by atoms with van der Waals surface area (Å²) in [5, 5.41) is 17.9. The molecule has 0 aromatic heterocycles. The number of aliphatic hydroxyl groups is 1. The molecule has 62 valence electrons. The highest BCUT2D eigenvalue weighted by molar-refractivity contribution is 5.71. The van der Waals surface area contributed by atoms with Gasteiger partial charge in [-0.05, 0) is 6.42 Å². The van der Waals surface area contributed by atoms with E-state index in [4.69, 9.17) is 9.84 Å². The number of aliphatic hydroxyl groups excluding tert-OH is 1. The van der Waals surface area contributed by atoms with E-state index < -0.39 is 24.1 Å². The summed E-state index contributed by atoms with van der Waals surface area (Å²) in [6.07, 6.45) is 0.148. The lowest BCUT2D eigenvalue weighted by Gasteiger charge is -2.18. The second kappa shape index (κ2) is 2.19. The van der Waals surface area contributed by atoms with Crippen LogP contribution in [0.4, 0.5) is 0 Å². The van der Waals surface area contributed by atoms with Gasteiger partial charge in [0.15, 0.2) is 0 Å². The second-order valence-corrected chi connectivity index (χ2v) is 3.21. The van der Waals surface area contributed by atoms with Crippen LogP contribution in [0.3, 0.4) is 0 Å². The predicted octanol–water partition coefficient (Wildman–Crippen LogP) is -0.391. The third-order valence-corrected chi connectivity index (χ3v) is 2.46. The normalized spacial score (nSPS) is 48.1. The van der Waals surface area contributed by atoms with Gasteiger partial charge in [-0.1, -0.05) is 0 Å². The molecule has 0 aromatic carbocycles. The van der Waals surface area contributed by atoms with Crippen LogP contribution in [0, 0.1) is 5.92 Å². The summed E-state index contributed by atoms with van der Waals surface area (Å²) in [6, 6.07) is 0. The van der Waals surface area contributed by atoms with Gasteiger partial charge in [0.1, 0.15) is 0 Å². The van der Waals surface area contributed by atoms with Crippen LogP contribution < -0.4 is 0 Å². The molecule has 2 bridgehead atoms. The van der Waals surface area contributed by atoms with Gasteiger partial charge < -0.3 is 14.9 Å². The Kier molecular flexibility index (Phi) is 1.40. The van der Waals surface area contributed by atoms with E-state index in [0.29, 0.717) is 12.8 Å². The van der Waals surface area contributed by atoms with Crippen molar-refractivity contribution < 1.29 is 19.7 Å². The average molecular weight is 158 g/mol. The Morgan fingerprint density at radius 1 is 1.45 bits per heavy atom. The lowest BCUT2D eigenvalue weighted by molar-refractivity contribution is -0.145. The summed E-state index contributed by atoms with van der Waals surface area (Å²) in [5.74, 6) is -1.33. The maximum absolute atomic E-state index is 10.5. The van der Waals surface area contributed by atoms with E-state index in [1.807, 2.05) is 0 Å². The van der Waals surface area contributed by atoms with Crippen LogP contribution in [-0.2, 0) is 9.53 Å². The number of hydrogen-bond donors (Lipinski definition) is 2. The van der Waals surface area contributed by atoms with Crippen LogP contribution in [0.1, 0.15) is 12.8 Å². The van der Waals surface area contributed by atoms with E-state index in [2.05, 4.69) is 0 Å². The fourth-order valence-electron chi connectivity index (χ4n) is 1.95. The molecule has 2 fully saturated rings. The van der Waals surface area contributed by atoms with Crippen LogP contribution in [0.25, 0.3) is 0 Å². The maximum Gasteiger partial charge on any atom is 0.309 e. The van der Waals surface area contributed by atoms with Gasteiger partial charge in [-0.2, -0.15) is 0 Å². The van der Waals surface area contributed by atoms with Crippen molar-refractivity contribution in [2.45, 2.75) is 31.2 Å². The monoisotopic (exact) mass is 158 g/mol. The largest absolute Gasteiger partial charge is 0.481 e. The summed E-state index contributed by atoms with van der Waals surface area (Å²) >= 11 is 0. The summed E-state index contributed by atoms with van der Waals surface area (Å²) < 4.78 is 5.23. The van der Waals surface area contributed by atoms with Crippen molar-refractivity contribution in [3.05, 3.63) is 0 Å². The Morgan fingerprint density at radius 3 is 2.55 bits per heavy atom. The number of fused-ring (bicyclic) bond motifs is 2. The highest BCUT2D eigenvalue weighted by Gasteiger charge is 2.50. The summed E-state index contributed by atoms with van der Waals surface area (Å²) in [6.45, 7) is 0. The highest BCUT2D eigenvalue weighted by atomic mass is 16.5. The van der Waals surface area contributed by atoms with Gasteiger partial charge in [-0.15, -0.1) is 0 Å². The van der Waals surface area contributed by atoms with Crippen LogP contribution in [0.5, 0.6) is 0 Å². The smallest absolute Gasteiger partial charge is 0.309 e. The van der Waals surface area contributed by atoms with Crippen molar-refractivity contribution in [2.24, 2.45) is 5.92 Å². The third kappa shape index (κ3) is 0.937. The zero-order valence-electron chi connectivity index (χ0n) is 5.93. The molecule has 4 atom stereocenters. The number of ether oxygens (including phenoxy) is 1. The first-order valence-electron chi connectivity index (χ1n) is 3.75. The maximum atomic E-state index is 10.5. The van der Waals surface area contributed by atoms with E-state index in [-0.39, 0.29) is 6.10 Å². The predicted molar refractivity (Wildman–Crippen MR) is 35.0 cm³/mol. The SMILES string of the molecule is O=C(O)[C@H]1C[C@@H]2C[C@@H](O)[C@H]1O2. The lowest BCUT2D eigenvalue weighted by Crippen LogP contribution is -2.34. The van der Waals surface area contributed by atoms with Gasteiger partial charge in [0.05, 0.1) is 24.2 Å². The number of carboxylic acid groups (broad SMARTS) is 1. The van der Waals surface area contributed by atoms with Crippen molar-refractivity contribution in [1.82, 2.24) is 0 Å². The molecule has 2 rings (SSSR count). The van der Waals surface area contributed by atoms with Gasteiger partial charge in [-0.25, -0.2) is 0 Å². The number of hydrogen-bond acceptors (Lipinski definition) is 3. The molecule has 2 saturated heterocycles. The van der Waals surface area contributed by atoms with Crippen molar-refractivity contribution in [3.63, 3.8) is 0 Å². The Labute approximate surface area is 63.8 Å². The molecule has 0 unspecified atom stereocenters. The number of aliphatic carboxylic acids is 1.